The molecule has 1 atom stereocenters. The normalized spacial score (nSPS) is 17.3. The molecule has 1 unspecified atom stereocenters. The van der Waals surface area contributed by atoms with Crippen molar-refractivity contribution >= 4 is 22.8 Å². The number of fused-ring (bicyclic) bond motifs is 1. The van der Waals surface area contributed by atoms with Crippen molar-refractivity contribution in [3.63, 3.8) is 0 Å². The van der Waals surface area contributed by atoms with E-state index in [4.69, 9.17) is 9.97 Å². The van der Waals surface area contributed by atoms with Gasteiger partial charge in [0.05, 0.1) is 16.6 Å². The topological polar surface area (TPSA) is 66.3 Å². The summed E-state index contributed by atoms with van der Waals surface area (Å²) >= 11 is 0. The zero-order chi connectivity index (χ0) is 19.0. The average molecular weight is 365 g/mol. The fourth-order valence-electron chi connectivity index (χ4n) is 3.58. The number of hydrogen-bond donors (Lipinski definition) is 1. The molecule has 3 aromatic rings. The summed E-state index contributed by atoms with van der Waals surface area (Å²) in [6.07, 6.45) is 2.24. The van der Waals surface area contributed by atoms with E-state index in [2.05, 4.69) is 11.8 Å². The van der Waals surface area contributed by atoms with Crippen molar-refractivity contribution in [3.05, 3.63) is 53.8 Å². The summed E-state index contributed by atoms with van der Waals surface area (Å²) < 4.78 is 13.4. The summed E-state index contributed by atoms with van der Waals surface area (Å²) in [7, 11) is 0. The molecular formula is C21H20FN3O2. The minimum absolute atomic E-state index is 0.185. The van der Waals surface area contributed by atoms with Gasteiger partial charge in [-0.1, -0.05) is 6.92 Å². The molecule has 27 heavy (non-hydrogen) atoms. The summed E-state index contributed by atoms with van der Waals surface area (Å²) in [5.74, 6) is -0.0212. The van der Waals surface area contributed by atoms with E-state index in [1.54, 1.807) is 24.3 Å². The van der Waals surface area contributed by atoms with E-state index in [1.807, 2.05) is 0 Å². The van der Waals surface area contributed by atoms with Gasteiger partial charge in [-0.25, -0.2) is 19.2 Å². The third kappa shape index (κ3) is 3.47. The first-order valence-electron chi connectivity index (χ1n) is 9.07. The molecular weight excluding hydrogens is 345 g/mol. The fraction of sp³-hybridized carbons (Fsp3) is 0.286. The zero-order valence-corrected chi connectivity index (χ0v) is 15.0. The fourth-order valence-corrected chi connectivity index (χ4v) is 3.58. The molecule has 1 fully saturated rings. The molecule has 5 nitrogen and oxygen atoms in total. The maximum Gasteiger partial charge on any atom is 0.335 e. The first-order chi connectivity index (χ1) is 13.0. The van der Waals surface area contributed by atoms with Crippen LogP contribution >= 0.6 is 0 Å². The lowest BCUT2D eigenvalue weighted by Gasteiger charge is -2.33. The van der Waals surface area contributed by atoms with Crippen LogP contribution < -0.4 is 4.90 Å². The first kappa shape index (κ1) is 17.4. The van der Waals surface area contributed by atoms with Crippen molar-refractivity contribution in [1.82, 2.24) is 9.97 Å². The molecule has 0 saturated carbocycles. The van der Waals surface area contributed by atoms with Gasteiger partial charge in [-0.2, -0.15) is 0 Å². The number of hydrogen-bond acceptors (Lipinski definition) is 4. The van der Waals surface area contributed by atoms with E-state index in [0.717, 1.165) is 30.9 Å². The Bertz CT molecular complexity index is 1000. The first-order valence-corrected chi connectivity index (χ1v) is 9.07. The molecule has 0 spiro atoms. The van der Waals surface area contributed by atoms with Gasteiger partial charge in [-0.15, -0.1) is 0 Å². The van der Waals surface area contributed by atoms with Crippen LogP contribution in [-0.4, -0.2) is 34.1 Å². The number of benzene rings is 2. The Hall–Kier alpha value is -3.02. The van der Waals surface area contributed by atoms with Crippen molar-refractivity contribution in [3.8, 4) is 11.3 Å². The van der Waals surface area contributed by atoms with Gasteiger partial charge in [0.15, 0.2) is 5.82 Å². The van der Waals surface area contributed by atoms with Crippen LogP contribution in [0.4, 0.5) is 10.2 Å². The van der Waals surface area contributed by atoms with Crippen LogP contribution in [0.2, 0.25) is 0 Å². The SMILES string of the molecule is CC1CCCN(c2nc3cc(C(=O)O)ccc3nc2-c2ccc(F)cc2)C1. The molecule has 6 heteroatoms. The lowest BCUT2D eigenvalue weighted by Crippen LogP contribution is -2.35. The van der Waals surface area contributed by atoms with E-state index in [1.165, 1.54) is 24.6 Å². The third-order valence-electron chi connectivity index (χ3n) is 4.97. The molecule has 1 N–H and O–H groups in total. The third-order valence-corrected chi connectivity index (χ3v) is 4.97. The van der Waals surface area contributed by atoms with Crippen LogP contribution in [0.5, 0.6) is 0 Å². The smallest absolute Gasteiger partial charge is 0.335 e. The average Bonchev–Trinajstić information content (AvgIpc) is 2.67. The van der Waals surface area contributed by atoms with Gasteiger partial charge in [0.2, 0.25) is 0 Å². The van der Waals surface area contributed by atoms with Crippen LogP contribution in [0.3, 0.4) is 0 Å². The molecule has 4 rings (SSSR count). The second kappa shape index (κ2) is 6.95. The number of aromatic nitrogens is 2. The van der Waals surface area contributed by atoms with E-state index < -0.39 is 5.97 Å². The molecule has 0 bridgehead atoms. The van der Waals surface area contributed by atoms with Gasteiger partial charge in [0.25, 0.3) is 0 Å². The molecule has 1 aliphatic rings. The number of halogens is 1. The predicted molar refractivity (Wildman–Crippen MR) is 103 cm³/mol. The monoisotopic (exact) mass is 365 g/mol. The summed E-state index contributed by atoms with van der Waals surface area (Å²) in [6, 6.07) is 11.0. The van der Waals surface area contributed by atoms with Gasteiger partial charge in [0.1, 0.15) is 11.5 Å². The molecule has 0 amide bonds. The molecule has 1 aromatic heterocycles. The van der Waals surface area contributed by atoms with E-state index in [-0.39, 0.29) is 11.4 Å². The van der Waals surface area contributed by atoms with Gasteiger partial charge < -0.3 is 10.0 Å². The number of rotatable bonds is 3. The van der Waals surface area contributed by atoms with Crippen LogP contribution in [0.25, 0.3) is 22.3 Å². The molecule has 0 aliphatic carbocycles. The summed E-state index contributed by atoms with van der Waals surface area (Å²) in [5, 5.41) is 9.26. The lowest BCUT2D eigenvalue weighted by atomic mass is 9.99. The van der Waals surface area contributed by atoms with Gasteiger partial charge >= 0.3 is 5.97 Å². The second-order valence-corrected chi connectivity index (χ2v) is 7.10. The van der Waals surface area contributed by atoms with Gasteiger partial charge in [-0.3, -0.25) is 0 Å². The Morgan fingerprint density at radius 1 is 1.15 bits per heavy atom. The largest absolute Gasteiger partial charge is 0.478 e. The van der Waals surface area contributed by atoms with Crippen molar-refractivity contribution in [2.24, 2.45) is 5.92 Å². The lowest BCUT2D eigenvalue weighted by molar-refractivity contribution is 0.0697. The summed E-state index contributed by atoms with van der Waals surface area (Å²) in [5.41, 5.74) is 2.84. The second-order valence-electron chi connectivity index (χ2n) is 7.10. The minimum atomic E-state index is -0.991. The standard InChI is InChI=1S/C21H20FN3O2/c1-13-3-2-10-25(12-13)20-19(14-4-7-16(22)8-5-14)23-17-9-6-15(21(26)27)11-18(17)24-20/h4-9,11,13H,2-3,10,12H2,1H3,(H,26,27). The van der Waals surface area contributed by atoms with Crippen molar-refractivity contribution in [2.45, 2.75) is 19.8 Å². The Balaban J connectivity index is 1.90. The van der Waals surface area contributed by atoms with Crippen LogP contribution in [0, 0.1) is 11.7 Å². The molecule has 2 aromatic carbocycles. The minimum Gasteiger partial charge on any atom is -0.478 e. The highest BCUT2D eigenvalue weighted by Crippen LogP contribution is 2.32. The van der Waals surface area contributed by atoms with E-state index in [0.29, 0.717) is 22.6 Å². The van der Waals surface area contributed by atoms with Gasteiger partial charge in [-0.05, 0) is 61.2 Å². The molecule has 1 saturated heterocycles. The number of nitrogens with zero attached hydrogens (tertiary/aromatic N) is 3. The van der Waals surface area contributed by atoms with Crippen molar-refractivity contribution in [2.75, 3.05) is 18.0 Å². The summed E-state index contributed by atoms with van der Waals surface area (Å²) in [6.45, 7) is 3.95. The van der Waals surface area contributed by atoms with Gasteiger partial charge in [0, 0.05) is 18.7 Å². The highest BCUT2D eigenvalue weighted by Gasteiger charge is 2.22. The number of carbonyl (C=O) groups is 1. The Kier molecular flexibility index (Phi) is 4.48. The van der Waals surface area contributed by atoms with Crippen LogP contribution in [-0.2, 0) is 0 Å². The quantitative estimate of drug-likeness (QED) is 0.746. The number of carboxylic acid groups (broad SMARTS) is 1. The van der Waals surface area contributed by atoms with E-state index >= 15 is 0 Å². The Morgan fingerprint density at radius 3 is 2.63 bits per heavy atom. The molecule has 138 valence electrons. The molecule has 0 radical (unpaired) electrons. The number of anilines is 1. The predicted octanol–water partition coefficient (Wildman–Crippen LogP) is 4.37. The number of aromatic carboxylic acids is 1. The highest BCUT2D eigenvalue weighted by atomic mass is 19.1. The molecule has 2 heterocycles. The summed E-state index contributed by atoms with van der Waals surface area (Å²) in [4.78, 5) is 23.0. The van der Waals surface area contributed by atoms with E-state index in [9.17, 15) is 14.3 Å². The Labute approximate surface area is 156 Å². The van der Waals surface area contributed by atoms with Crippen LogP contribution in [0.15, 0.2) is 42.5 Å². The Morgan fingerprint density at radius 2 is 1.93 bits per heavy atom. The highest BCUT2D eigenvalue weighted by molar-refractivity contribution is 5.93. The zero-order valence-electron chi connectivity index (χ0n) is 15.0. The van der Waals surface area contributed by atoms with Crippen molar-refractivity contribution in [1.29, 1.82) is 0 Å². The van der Waals surface area contributed by atoms with Crippen molar-refractivity contribution < 1.29 is 14.3 Å². The maximum atomic E-state index is 13.4. The number of carboxylic acids is 1. The molecule has 1 aliphatic heterocycles. The maximum absolute atomic E-state index is 13.4. The number of piperidine rings is 1. The van der Waals surface area contributed by atoms with Crippen LogP contribution in [0.1, 0.15) is 30.1 Å².